The minimum Gasteiger partial charge on any atom is -0.443 e. The summed E-state index contributed by atoms with van der Waals surface area (Å²) in [6, 6.07) is 2.46. The molecule has 2 rings (SSSR count). The molecule has 0 radical (unpaired) electrons. The maximum Gasteiger partial charge on any atom is 0.429 e. The number of fused-ring (bicyclic) bond motifs is 1. The van der Waals surface area contributed by atoms with Gasteiger partial charge >= 0.3 is 11.8 Å². The Hall–Kier alpha value is -1.84. The summed E-state index contributed by atoms with van der Waals surface area (Å²) in [6.45, 7) is 4.77. The number of nitrogens with two attached hydrogens (primary N) is 1. The number of hydrogen-bond acceptors (Lipinski definition) is 6. The van der Waals surface area contributed by atoms with Gasteiger partial charge in [-0.05, 0) is 32.9 Å². The topological polar surface area (TPSA) is 122 Å². The number of nitrogens with zero attached hydrogens (tertiary/aromatic N) is 1. The molecule has 0 aliphatic heterocycles. The van der Waals surface area contributed by atoms with Crippen molar-refractivity contribution >= 4 is 38.8 Å². The molecule has 22 heavy (non-hydrogen) atoms. The quantitative estimate of drug-likeness (QED) is 0.836. The first-order valence-electron chi connectivity index (χ1n) is 6.02. The maximum atomic E-state index is 12.1. The Morgan fingerprint density at radius 2 is 1.95 bits per heavy atom. The highest BCUT2D eigenvalue weighted by atomic mass is 35.5. The van der Waals surface area contributed by atoms with Crippen molar-refractivity contribution in [2.24, 2.45) is 5.14 Å². The lowest BCUT2D eigenvalue weighted by Crippen LogP contribution is -2.32. The summed E-state index contributed by atoms with van der Waals surface area (Å²) in [6.07, 6.45) is -1.09. The molecule has 10 heteroatoms. The number of halogens is 1. The van der Waals surface area contributed by atoms with Gasteiger partial charge in [0.05, 0.1) is 5.02 Å². The minimum absolute atomic E-state index is 0.149. The van der Waals surface area contributed by atoms with Gasteiger partial charge in [-0.3, -0.25) is 0 Å². The fraction of sp³-hybridized carbons (Fsp3) is 0.333. The van der Waals surface area contributed by atoms with Crippen LogP contribution < -0.4 is 10.9 Å². The lowest BCUT2D eigenvalue weighted by molar-refractivity contribution is 0.0532. The van der Waals surface area contributed by atoms with E-state index in [-0.39, 0.29) is 16.1 Å². The molecule has 1 heterocycles. The maximum absolute atomic E-state index is 12.1. The van der Waals surface area contributed by atoms with E-state index >= 15 is 0 Å². The number of carbonyl (C=O) groups excluding carboxylic acids is 1. The number of rotatable bonds is 1. The van der Waals surface area contributed by atoms with Crippen LogP contribution in [-0.4, -0.2) is 24.7 Å². The average Bonchev–Trinajstić information content (AvgIpc) is 2.60. The molecule has 0 fully saturated rings. The van der Waals surface area contributed by atoms with E-state index in [1.54, 1.807) is 20.8 Å². The summed E-state index contributed by atoms with van der Waals surface area (Å²) >= 11 is 5.84. The van der Waals surface area contributed by atoms with E-state index in [1.807, 2.05) is 0 Å². The first-order valence-corrected chi connectivity index (χ1v) is 7.94. The van der Waals surface area contributed by atoms with Gasteiger partial charge in [0, 0.05) is 0 Å². The molecule has 0 saturated carbocycles. The van der Waals surface area contributed by atoms with Crippen LogP contribution in [0.5, 0.6) is 0 Å². The summed E-state index contributed by atoms with van der Waals surface area (Å²) in [4.78, 5) is 23.4. The highest BCUT2D eigenvalue weighted by Gasteiger charge is 2.29. The molecule has 0 atom stereocenters. The zero-order valence-electron chi connectivity index (χ0n) is 11.9. The SMILES string of the molecule is CC(C)(C)OC(=O)n1c(=O)oc2ccc(Cl)c(S(N)(=O)=O)c21. The second-order valence-electron chi connectivity index (χ2n) is 5.45. The van der Waals surface area contributed by atoms with Gasteiger partial charge in [0.2, 0.25) is 10.0 Å². The Labute approximate surface area is 130 Å². The van der Waals surface area contributed by atoms with Crippen LogP contribution in [0.2, 0.25) is 5.02 Å². The number of benzene rings is 1. The third kappa shape index (κ3) is 3.01. The van der Waals surface area contributed by atoms with Crippen molar-refractivity contribution in [1.82, 2.24) is 4.57 Å². The van der Waals surface area contributed by atoms with Crippen LogP contribution in [0.3, 0.4) is 0 Å². The Balaban J connectivity index is 2.86. The third-order valence-corrected chi connectivity index (χ3v) is 3.92. The fourth-order valence-electron chi connectivity index (χ4n) is 1.80. The molecule has 2 N–H and O–H groups in total. The Bertz CT molecular complexity index is 919. The summed E-state index contributed by atoms with van der Waals surface area (Å²) in [5.74, 6) is -1.10. The van der Waals surface area contributed by atoms with Gasteiger partial charge in [0.15, 0.2) is 5.58 Å². The molecule has 120 valence electrons. The number of sulfonamides is 1. The van der Waals surface area contributed by atoms with Crippen LogP contribution in [0, 0.1) is 0 Å². The van der Waals surface area contributed by atoms with E-state index in [4.69, 9.17) is 25.9 Å². The summed E-state index contributed by atoms with van der Waals surface area (Å²) in [7, 11) is -4.31. The molecule has 1 aromatic carbocycles. The zero-order chi connectivity index (χ0) is 16.9. The van der Waals surface area contributed by atoms with Crippen LogP contribution in [0.1, 0.15) is 20.8 Å². The van der Waals surface area contributed by atoms with Crippen molar-refractivity contribution in [3.8, 4) is 0 Å². The Morgan fingerprint density at radius 1 is 1.36 bits per heavy atom. The van der Waals surface area contributed by atoms with Crippen molar-refractivity contribution in [2.45, 2.75) is 31.3 Å². The second-order valence-corrected chi connectivity index (χ2v) is 7.36. The lowest BCUT2D eigenvalue weighted by atomic mass is 10.2. The van der Waals surface area contributed by atoms with E-state index < -0.39 is 32.4 Å². The molecular formula is C12H13ClN2O6S. The summed E-state index contributed by atoms with van der Waals surface area (Å²) < 4.78 is 33.8. The zero-order valence-corrected chi connectivity index (χ0v) is 13.5. The molecule has 8 nitrogen and oxygen atoms in total. The molecule has 0 bridgehead atoms. The van der Waals surface area contributed by atoms with Crippen molar-refractivity contribution in [2.75, 3.05) is 0 Å². The van der Waals surface area contributed by atoms with Crippen LogP contribution in [0.25, 0.3) is 11.1 Å². The molecule has 0 spiro atoms. The van der Waals surface area contributed by atoms with Gasteiger partial charge in [0.25, 0.3) is 0 Å². The number of carbonyl (C=O) groups is 1. The number of hydrogen-bond donors (Lipinski definition) is 1. The van der Waals surface area contributed by atoms with Crippen LogP contribution in [0.4, 0.5) is 4.79 Å². The molecule has 0 unspecified atom stereocenters. The largest absolute Gasteiger partial charge is 0.443 e. The standard InChI is InChI=1S/C12H13ClN2O6S/c1-12(2,3)21-11(17)15-8-7(20-10(15)16)5-4-6(13)9(8)22(14,18)19/h4-5H,1-3H3,(H2,14,18,19). The Morgan fingerprint density at radius 3 is 2.45 bits per heavy atom. The van der Waals surface area contributed by atoms with Crippen LogP contribution in [0.15, 0.2) is 26.2 Å². The lowest BCUT2D eigenvalue weighted by Gasteiger charge is -2.19. The highest BCUT2D eigenvalue weighted by Crippen LogP contribution is 2.29. The number of primary sulfonamides is 1. The van der Waals surface area contributed by atoms with E-state index in [2.05, 4.69) is 0 Å². The smallest absolute Gasteiger partial charge is 0.429 e. The number of aromatic nitrogens is 1. The van der Waals surface area contributed by atoms with E-state index in [0.29, 0.717) is 4.57 Å². The average molecular weight is 349 g/mol. The van der Waals surface area contributed by atoms with Crippen molar-refractivity contribution in [1.29, 1.82) is 0 Å². The van der Waals surface area contributed by atoms with Crippen LogP contribution in [-0.2, 0) is 14.8 Å². The van der Waals surface area contributed by atoms with Crippen LogP contribution >= 0.6 is 11.6 Å². The van der Waals surface area contributed by atoms with Gasteiger partial charge in [-0.15, -0.1) is 0 Å². The summed E-state index contributed by atoms with van der Waals surface area (Å²) in [5.41, 5.74) is -1.40. The van der Waals surface area contributed by atoms with Gasteiger partial charge < -0.3 is 9.15 Å². The number of oxazole rings is 1. The molecule has 1 aromatic heterocycles. The highest BCUT2D eigenvalue weighted by molar-refractivity contribution is 7.89. The van der Waals surface area contributed by atoms with E-state index in [9.17, 15) is 18.0 Å². The fourth-order valence-corrected chi connectivity index (χ4v) is 3.07. The van der Waals surface area contributed by atoms with E-state index in [1.165, 1.54) is 12.1 Å². The first kappa shape index (κ1) is 16.5. The van der Waals surface area contributed by atoms with Gasteiger partial charge in [-0.25, -0.2) is 23.1 Å². The molecule has 0 saturated heterocycles. The second kappa shape index (κ2) is 5.11. The van der Waals surface area contributed by atoms with Crippen molar-refractivity contribution in [3.05, 3.63) is 27.7 Å². The number of ether oxygens (including phenoxy) is 1. The molecule has 2 aromatic rings. The predicted octanol–water partition coefficient (Wildman–Crippen LogP) is 1.68. The summed E-state index contributed by atoms with van der Waals surface area (Å²) in [5, 5.41) is 4.87. The minimum atomic E-state index is -4.31. The van der Waals surface area contributed by atoms with Gasteiger partial charge in [-0.2, -0.15) is 4.57 Å². The Kier molecular flexibility index (Phi) is 3.84. The molecule has 0 aliphatic rings. The van der Waals surface area contributed by atoms with E-state index in [0.717, 1.165) is 0 Å². The normalized spacial score (nSPS) is 12.6. The first-order chi connectivity index (χ1) is 9.92. The predicted molar refractivity (Wildman–Crippen MR) is 78.5 cm³/mol. The monoisotopic (exact) mass is 348 g/mol. The van der Waals surface area contributed by atoms with Crippen molar-refractivity contribution in [3.63, 3.8) is 0 Å². The van der Waals surface area contributed by atoms with Gasteiger partial charge in [-0.1, -0.05) is 11.6 Å². The molecule has 0 aliphatic carbocycles. The molecular weight excluding hydrogens is 336 g/mol. The molecule has 0 amide bonds. The third-order valence-electron chi connectivity index (χ3n) is 2.51. The van der Waals surface area contributed by atoms with Gasteiger partial charge in [0.1, 0.15) is 16.0 Å². The van der Waals surface area contributed by atoms with Crippen molar-refractivity contribution < 1.29 is 22.4 Å².